The van der Waals surface area contributed by atoms with Crippen molar-refractivity contribution in [1.82, 2.24) is 14.9 Å². The lowest BCUT2D eigenvalue weighted by molar-refractivity contribution is 0.252. The van der Waals surface area contributed by atoms with E-state index < -0.39 is 0 Å². The Bertz CT molecular complexity index is 702. The lowest BCUT2D eigenvalue weighted by atomic mass is 9.89. The van der Waals surface area contributed by atoms with Crippen LogP contribution in [0.1, 0.15) is 36.6 Å². The third-order valence-corrected chi connectivity index (χ3v) is 6.80. The van der Waals surface area contributed by atoms with Crippen LogP contribution in [0.3, 0.4) is 0 Å². The summed E-state index contributed by atoms with van der Waals surface area (Å²) in [6.45, 7) is 4.73. The van der Waals surface area contributed by atoms with Gasteiger partial charge in [0.15, 0.2) is 0 Å². The minimum absolute atomic E-state index is 0.599. The molecule has 1 fully saturated rings. The summed E-state index contributed by atoms with van der Waals surface area (Å²) < 4.78 is 0. The highest BCUT2D eigenvalue weighted by atomic mass is 32.1. The first kappa shape index (κ1) is 15.3. The maximum atomic E-state index is 4.71. The molecule has 23 heavy (non-hydrogen) atoms. The molecule has 0 aromatic carbocycles. The lowest BCUT2D eigenvalue weighted by Crippen LogP contribution is -2.42. The zero-order valence-electron chi connectivity index (χ0n) is 14.4. The summed E-state index contributed by atoms with van der Waals surface area (Å²) in [6.07, 6.45) is 7.91. The van der Waals surface area contributed by atoms with E-state index in [0.717, 1.165) is 11.7 Å². The van der Waals surface area contributed by atoms with Crippen LogP contribution in [0.4, 0.5) is 5.82 Å². The monoisotopic (exact) mass is 330 g/mol. The smallest absolute Gasteiger partial charge is 0.141 e. The Morgan fingerprint density at radius 2 is 2.00 bits per heavy atom. The van der Waals surface area contributed by atoms with Crippen molar-refractivity contribution in [2.45, 2.75) is 45.1 Å². The lowest BCUT2D eigenvalue weighted by Gasteiger charge is -2.36. The van der Waals surface area contributed by atoms with Crippen molar-refractivity contribution in [3.63, 3.8) is 0 Å². The van der Waals surface area contributed by atoms with Gasteiger partial charge >= 0.3 is 0 Å². The minimum Gasteiger partial charge on any atom is -0.356 e. The van der Waals surface area contributed by atoms with Gasteiger partial charge in [-0.1, -0.05) is 6.92 Å². The van der Waals surface area contributed by atoms with Gasteiger partial charge in [0.1, 0.15) is 17.0 Å². The number of likely N-dealkylation sites (tertiary alicyclic amines) is 1. The maximum Gasteiger partial charge on any atom is 0.141 e. The number of aromatic nitrogens is 2. The van der Waals surface area contributed by atoms with E-state index in [2.05, 4.69) is 35.8 Å². The van der Waals surface area contributed by atoms with Crippen molar-refractivity contribution in [2.75, 3.05) is 32.1 Å². The maximum absolute atomic E-state index is 4.71. The van der Waals surface area contributed by atoms with Crippen molar-refractivity contribution in [1.29, 1.82) is 0 Å². The summed E-state index contributed by atoms with van der Waals surface area (Å²) in [5, 5.41) is 1.35. The Kier molecular flexibility index (Phi) is 4.01. The van der Waals surface area contributed by atoms with Crippen LogP contribution in [-0.4, -0.2) is 48.1 Å². The zero-order chi connectivity index (χ0) is 16.0. The van der Waals surface area contributed by atoms with E-state index in [-0.39, 0.29) is 0 Å². The fourth-order valence-electron chi connectivity index (χ4n) is 4.08. The van der Waals surface area contributed by atoms with Crippen molar-refractivity contribution in [3.8, 4) is 0 Å². The molecule has 2 aromatic heterocycles. The Labute approximate surface area is 142 Å². The second-order valence-electron chi connectivity index (χ2n) is 7.37. The molecular weight excluding hydrogens is 304 g/mol. The molecule has 3 heterocycles. The number of thiophene rings is 1. The normalized spacial score (nSPS) is 23.2. The van der Waals surface area contributed by atoms with E-state index in [9.17, 15) is 0 Å². The molecule has 0 bridgehead atoms. The van der Waals surface area contributed by atoms with E-state index in [1.54, 1.807) is 16.8 Å². The Morgan fingerprint density at radius 3 is 2.78 bits per heavy atom. The average Bonchev–Trinajstić information content (AvgIpc) is 2.92. The third kappa shape index (κ3) is 2.74. The van der Waals surface area contributed by atoms with Gasteiger partial charge in [-0.05, 0) is 63.7 Å². The first-order valence-electron chi connectivity index (χ1n) is 8.80. The van der Waals surface area contributed by atoms with Gasteiger partial charge < -0.3 is 9.80 Å². The summed E-state index contributed by atoms with van der Waals surface area (Å²) in [4.78, 5) is 16.9. The summed E-state index contributed by atoms with van der Waals surface area (Å²) in [5.41, 5.74) is 1.54. The fraction of sp³-hybridized carbons (Fsp3) is 0.667. The molecule has 1 aliphatic carbocycles. The topological polar surface area (TPSA) is 32.3 Å². The van der Waals surface area contributed by atoms with Crippen molar-refractivity contribution >= 4 is 27.4 Å². The number of hydrogen-bond acceptors (Lipinski definition) is 5. The summed E-state index contributed by atoms with van der Waals surface area (Å²) in [6, 6.07) is 0.599. The molecule has 0 saturated carbocycles. The summed E-state index contributed by atoms with van der Waals surface area (Å²) in [5.74, 6) is 1.97. The van der Waals surface area contributed by atoms with Crippen LogP contribution in [0.15, 0.2) is 6.33 Å². The standard InChI is InChI=1S/C18H26N4S/c1-12-4-5-14-15(10-12)23-18-16(14)17(19-11-20-18)22(3)13-6-8-21(2)9-7-13/h11-13H,4-10H2,1-3H3/t12-/m0/s1. The molecule has 1 aliphatic heterocycles. The Hall–Kier alpha value is -1.20. The highest BCUT2D eigenvalue weighted by Gasteiger charge is 2.27. The van der Waals surface area contributed by atoms with Crippen LogP contribution in [0.2, 0.25) is 0 Å². The fourth-order valence-corrected chi connectivity index (χ4v) is 5.43. The highest BCUT2D eigenvalue weighted by molar-refractivity contribution is 7.19. The predicted molar refractivity (Wildman–Crippen MR) is 97.5 cm³/mol. The van der Waals surface area contributed by atoms with Crippen LogP contribution < -0.4 is 4.90 Å². The van der Waals surface area contributed by atoms with Gasteiger partial charge in [-0.25, -0.2) is 9.97 Å². The number of nitrogens with zero attached hydrogens (tertiary/aromatic N) is 4. The molecule has 124 valence electrons. The molecule has 4 nitrogen and oxygen atoms in total. The van der Waals surface area contributed by atoms with Crippen molar-refractivity contribution in [2.24, 2.45) is 5.92 Å². The zero-order valence-corrected chi connectivity index (χ0v) is 15.2. The van der Waals surface area contributed by atoms with Crippen molar-refractivity contribution < 1.29 is 0 Å². The number of anilines is 1. The first-order valence-corrected chi connectivity index (χ1v) is 9.61. The Morgan fingerprint density at radius 1 is 1.22 bits per heavy atom. The predicted octanol–water partition coefficient (Wildman–Crippen LogP) is 3.35. The molecule has 0 unspecified atom stereocenters. The van der Waals surface area contributed by atoms with Crippen LogP contribution in [0.25, 0.3) is 10.2 Å². The van der Waals surface area contributed by atoms with Crippen LogP contribution in [-0.2, 0) is 12.8 Å². The second-order valence-corrected chi connectivity index (χ2v) is 8.46. The van der Waals surface area contributed by atoms with Gasteiger partial charge in [0, 0.05) is 18.0 Å². The van der Waals surface area contributed by atoms with E-state index in [4.69, 9.17) is 4.98 Å². The molecule has 4 rings (SSSR count). The van der Waals surface area contributed by atoms with Gasteiger partial charge in [0.2, 0.25) is 0 Å². The molecule has 2 aromatic rings. The van der Waals surface area contributed by atoms with E-state index >= 15 is 0 Å². The number of hydrogen-bond donors (Lipinski definition) is 0. The number of fused-ring (bicyclic) bond motifs is 3. The molecule has 1 atom stereocenters. The van der Waals surface area contributed by atoms with Crippen LogP contribution in [0.5, 0.6) is 0 Å². The molecular formula is C18H26N4S. The molecule has 0 radical (unpaired) electrons. The summed E-state index contributed by atoms with van der Waals surface area (Å²) in [7, 11) is 4.45. The quantitative estimate of drug-likeness (QED) is 0.845. The van der Waals surface area contributed by atoms with Crippen LogP contribution >= 0.6 is 11.3 Å². The Balaban J connectivity index is 1.72. The van der Waals surface area contributed by atoms with E-state index in [1.165, 1.54) is 55.4 Å². The van der Waals surface area contributed by atoms with Gasteiger partial charge in [-0.15, -0.1) is 11.3 Å². The van der Waals surface area contributed by atoms with Crippen molar-refractivity contribution in [3.05, 3.63) is 16.8 Å². The van der Waals surface area contributed by atoms with Crippen LogP contribution in [0, 0.1) is 5.92 Å². The molecule has 0 N–H and O–H groups in total. The number of piperidine rings is 1. The molecule has 1 saturated heterocycles. The average molecular weight is 331 g/mol. The highest BCUT2D eigenvalue weighted by Crippen LogP contribution is 2.41. The molecule has 0 spiro atoms. The molecule has 5 heteroatoms. The number of rotatable bonds is 2. The molecule has 2 aliphatic rings. The van der Waals surface area contributed by atoms with E-state index in [1.807, 2.05) is 11.3 Å². The minimum atomic E-state index is 0.599. The summed E-state index contributed by atoms with van der Waals surface area (Å²) >= 11 is 1.90. The van der Waals surface area contributed by atoms with Gasteiger partial charge in [0.25, 0.3) is 0 Å². The van der Waals surface area contributed by atoms with E-state index in [0.29, 0.717) is 6.04 Å². The number of aryl methyl sites for hydroxylation is 1. The molecule has 0 amide bonds. The van der Waals surface area contributed by atoms with Gasteiger partial charge in [-0.3, -0.25) is 0 Å². The second kappa shape index (κ2) is 6.02. The van der Waals surface area contributed by atoms with Gasteiger partial charge in [0.05, 0.1) is 5.39 Å². The third-order valence-electron chi connectivity index (χ3n) is 5.64. The van der Waals surface area contributed by atoms with Gasteiger partial charge in [-0.2, -0.15) is 0 Å². The SMILES string of the molecule is C[C@H]1CCc2c(sc3ncnc(N(C)C4CCN(C)CC4)c23)C1. The first-order chi connectivity index (χ1) is 11.1. The largest absolute Gasteiger partial charge is 0.356 e.